The number of anilines is 5. The van der Waals surface area contributed by atoms with Gasteiger partial charge in [-0.25, -0.2) is 9.37 Å². The molecular formula is C27H28FN7O4. The molecule has 0 saturated carbocycles. The van der Waals surface area contributed by atoms with E-state index in [0.29, 0.717) is 47.3 Å². The monoisotopic (exact) mass is 533 g/mol. The summed E-state index contributed by atoms with van der Waals surface area (Å²) >= 11 is 0. The lowest BCUT2D eigenvalue weighted by atomic mass is 10.1. The minimum absolute atomic E-state index is 0.145. The molecule has 5 rings (SSSR count). The standard InChI is InChI=1S/C27H28FN7O4/c1-27(2,38)25(37)35-11-9-14-12-20(39-4)18(13-19(14)35)32-26-33-22-15(8-10-30-22)23(34-26)31-17-7-5-6-16(28)21(17)24(36)29-3/h5-8,10,12-13,38H,9,11H2,1-4H3,(H,29,36)(H3,30,31,32,33,34). The van der Waals surface area contributed by atoms with Crippen molar-refractivity contribution < 1.29 is 23.8 Å². The molecule has 0 saturated heterocycles. The van der Waals surface area contributed by atoms with Gasteiger partial charge in [0.25, 0.3) is 11.8 Å². The van der Waals surface area contributed by atoms with Crippen LogP contribution in [0.5, 0.6) is 5.75 Å². The van der Waals surface area contributed by atoms with Crippen LogP contribution in [0.3, 0.4) is 0 Å². The number of rotatable bonds is 7. The summed E-state index contributed by atoms with van der Waals surface area (Å²) in [6.45, 7) is 3.35. The number of fused-ring (bicyclic) bond motifs is 2. The molecule has 3 aliphatic rings. The molecular weight excluding hydrogens is 505 g/mol. The number of hydrogen-bond donors (Lipinski definition) is 5. The SMILES string of the molecule is CNC(=O)c1c(F)cccc1Nc1nc(Nc2cc3c(cc2OC)CCN3C(=O)C(C)(C)O)[nH]c2nccc1-2. The van der Waals surface area contributed by atoms with Crippen LogP contribution in [0.4, 0.5) is 33.2 Å². The Labute approximate surface area is 223 Å². The lowest BCUT2D eigenvalue weighted by Gasteiger charge is -2.26. The molecule has 0 bridgehead atoms. The number of H-pyrrole nitrogens is 1. The Morgan fingerprint density at radius 2 is 1.97 bits per heavy atom. The highest BCUT2D eigenvalue weighted by Gasteiger charge is 2.35. The van der Waals surface area contributed by atoms with Crippen molar-refractivity contribution in [1.82, 2.24) is 20.3 Å². The van der Waals surface area contributed by atoms with E-state index in [9.17, 15) is 19.1 Å². The first kappa shape index (κ1) is 25.9. The Balaban J connectivity index is 1.54. The molecule has 3 aliphatic heterocycles. The molecule has 0 radical (unpaired) electrons. The number of carbonyl (C=O) groups is 2. The van der Waals surface area contributed by atoms with Crippen molar-refractivity contribution in [3.63, 3.8) is 0 Å². The van der Waals surface area contributed by atoms with Crippen molar-refractivity contribution in [2.24, 2.45) is 0 Å². The molecule has 12 heteroatoms. The predicted molar refractivity (Wildman–Crippen MR) is 145 cm³/mol. The van der Waals surface area contributed by atoms with Crippen LogP contribution < -0.4 is 25.6 Å². The Morgan fingerprint density at radius 1 is 1.18 bits per heavy atom. The zero-order valence-corrected chi connectivity index (χ0v) is 21.8. The van der Waals surface area contributed by atoms with Crippen LogP contribution in [0.1, 0.15) is 29.8 Å². The Kier molecular flexibility index (Phi) is 6.56. The van der Waals surface area contributed by atoms with Crippen molar-refractivity contribution in [2.45, 2.75) is 25.9 Å². The Bertz CT molecular complexity index is 1550. The minimum Gasteiger partial charge on any atom is -0.495 e. The van der Waals surface area contributed by atoms with Gasteiger partial charge in [-0.1, -0.05) is 6.07 Å². The van der Waals surface area contributed by atoms with Crippen LogP contribution in [0, 0.1) is 5.82 Å². The third kappa shape index (κ3) is 4.81. The second-order valence-electron chi connectivity index (χ2n) is 9.58. The van der Waals surface area contributed by atoms with E-state index in [0.717, 1.165) is 5.56 Å². The average molecular weight is 534 g/mol. The molecule has 2 amide bonds. The van der Waals surface area contributed by atoms with E-state index < -0.39 is 23.2 Å². The lowest BCUT2D eigenvalue weighted by Crippen LogP contribution is -2.44. The summed E-state index contributed by atoms with van der Waals surface area (Å²) in [6, 6.07) is 9.64. The molecule has 3 heterocycles. The topological polar surface area (TPSA) is 144 Å². The van der Waals surface area contributed by atoms with Crippen molar-refractivity contribution in [3.05, 3.63) is 59.5 Å². The van der Waals surface area contributed by atoms with Crippen molar-refractivity contribution in [1.29, 1.82) is 0 Å². The number of carbonyl (C=O) groups excluding carboxylic acids is 2. The molecule has 0 unspecified atom stereocenters. The Hall–Kier alpha value is -4.71. The number of benzene rings is 2. The van der Waals surface area contributed by atoms with E-state index >= 15 is 0 Å². The number of halogens is 1. The first-order valence-corrected chi connectivity index (χ1v) is 12.2. The normalized spacial score (nSPS) is 12.8. The second-order valence-corrected chi connectivity index (χ2v) is 9.58. The number of aromatic nitrogens is 3. The summed E-state index contributed by atoms with van der Waals surface area (Å²) in [7, 11) is 2.97. The summed E-state index contributed by atoms with van der Waals surface area (Å²) in [5.74, 6) is -0.0356. The van der Waals surface area contributed by atoms with Gasteiger partial charge in [0.1, 0.15) is 28.8 Å². The summed E-state index contributed by atoms with van der Waals surface area (Å²) < 4.78 is 20.2. The first-order valence-electron chi connectivity index (χ1n) is 12.2. The highest BCUT2D eigenvalue weighted by Crippen LogP contribution is 2.40. The van der Waals surface area contributed by atoms with E-state index in [1.54, 1.807) is 29.3 Å². The van der Waals surface area contributed by atoms with Crippen LogP contribution in [0.25, 0.3) is 11.4 Å². The van der Waals surface area contributed by atoms with E-state index in [4.69, 9.17) is 4.74 Å². The molecule has 2 aromatic rings. The zero-order chi connectivity index (χ0) is 27.9. The number of aromatic amines is 1. The molecule has 2 aromatic carbocycles. The van der Waals surface area contributed by atoms with Gasteiger partial charge < -0.3 is 35.7 Å². The summed E-state index contributed by atoms with van der Waals surface area (Å²) in [6.07, 6.45) is 2.22. The predicted octanol–water partition coefficient (Wildman–Crippen LogP) is 3.56. The molecule has 0 atom stereocenters. The lowest BCUT2D eigenvalue weighted by molar-refractivity contribution is -0.133. The number of methoxy groups -OCH3 is 1. The number of aliphatic hydroxyl groups is 1. The van der Waals surface area contributed by atoms with Gasteiger partial charge in [-0.05, 0) is 56.2 Å². The van der Waals surface area contributed by atoms with Gasteiger partial charge in [0, 0.05) is 25.5 Å². The van der Waals surface area contributed by atoms with Gasteiger partial charge in [0.05, 0.1) is 29.6 Å². The molecule has 11 nitrogen and oxygen atoms in total. The highest BCUT2D eigenvalue weighted by atomic mass is 19.1. The molecule has 202 valence electrons. The largest absolute Gasteiger partial charge is 0.495 e. The molecule has 0 spiro atoms. The van der Waals surface area contributed by atoms with E-state index in [1.807, 2.05) is 6.07 Å². The van der Waals surface area contributed by atoms with Crippen molar-refractivity contribution >= 4 is 40.6 Å². The summed E-state index contributed by atoms with van der Waals surface area (Å²) in [5, 5.41) is 19.0. The number of ether oxygens (including phenoxy) is 1. The maximum absolute atomic E-state index is 14.6. The van der Waals surface area contributed by atoms with Crippen LogP contribution in [0.2, 0.25) is 0 Å². The fraction of sp³-hybridized carbons (Fsp3) is 0.259. The van der Waals surface area contributed by atoms with Gasteiger partial charge in [-0.2, -0.15) is 4.98 Å². The number of amides is 2. The third-order valence-corrected chi connectivity index (χ3v) is 6.45. The summed E-state index contributed by atoms with van der Waals surface area (Å²) in [5.41, 5.74) is 1.27. The number of nitrogens with one attached hydrogen (secondary N) is 4. The van der Waals surface area contributed by atoms with Crippen molar-refractivity contribution in [2.75, 3.05) is 36.2 Å². The fourth-order valence-corrected chi connectivity index (χ4v) is 4.55. The van der Waals surface area contributed by atoms with Gasteiger partial charge in [0.15, 0.2) is 0 Å². The molecule has 0 aromatic heterocycles. The first-order chi connectivity index (χ1) is 18.6. The van der Waals surface area contributed by atoms with Crippen LogP contribution >= 0.6 is 0 Å². The van der Waals surface area contributed by atoms with Crippen LogP contribution in [-0.2, 0) is 11.2 Å². The van der Waals surface area contributed by atoms with E-state index in [2.05, 4.69) is 30.9 Å². The minimum atomic E-state index is -1.52. The van der Waals surface area contributed by atoms with Gasteiger partial charge >= 0.3 is 0 Å². The second kappa shape index (κ2) is 9.87. The van der Waals surface area contributed by atoms with Gasteiger partial charge in [0.2, 0.25) is 5.95 Å². The van der Waals surface area contributed by atoms with Crippen molar-refractivity contribution in [3.8, 4) is 17.1 Å². The van der Waals surface area contributed by atoms with E-state index in [-0.39, 0.29) is 17.2 Å². The molecule has 39 heavy (non-hydrogen) atoms. The molecule has 0 fully saturated rings. The average Bonchev–Trinajstić information content (AvgIpc) is 3.54. The zero-order valence-electron chi connectivity index (χ0n) is 21.8. The Morgan fingerprint density at radius 3 is 2.69 bits per heavy atom. The fourth-order valence-electron chi connectivity index (χ4n) is 4.55. The van der Waals surface area contributed by atoms with Crippen LogP contribution in [-0.4, -0.2) is 58.2 Å². The summed E-state index contributed by atoms with van der Waals surface area (Å²) in [4.78, 5) is 38.8. The quantitative estimate of drug-likeness (QED) is 0.243. The highest BCUT2D eigenvalue weighted by molar-refractivity contribution is 6.02. The maximum Gasteiger partial charge on any atom is 0.258 e. The maximum atomic E-state index is 14.6. The van der Waals surface area contributed by atoms with E-state index in [1.165, 1.54) is 40.1 Å². The third-order valence-electron chi connectivity index (χ3n) is 6.45. The van der Waals surface area contributed by atoms with Crippen LogP contribution in [0.15, 0.2) is 42.6 Å². The number of hydrogen-bond acceptors (Lipinski definition) is 8. The molecule has 5 N–H and O–H groups in total. The van der Waals surface area contributed by atoms with Gasteiger partial charge in [-0.3, -0.25) is 9.59 Å². The number of nitrogens with zero attached hydrogens (tertiary/aromatic N) is 3. The molecule has 0 aliphatic carbocycles. The smallest absolute Gasteiger partial charge is 0.258 e. The van der Waals surface area contributed by atoms with Gasteiger partial charge in [-0.15, -0.1) is 0 Å².